The fourth-order valence-electron chi connectivity index (χ4n) is 4.28. The van der Waals surface area contributed by atoms with Gasteiger partial charge >= 0.3 is 0 Å². The molecule has 3 rings (SSSR count). The van der Waals surface area contributed by atoms with E-state index in [0.29, 0.717) is 11.8 Å². The summed E-state index contributed by atoms with van der Waals surface area (Å²) in [7, 11) is 0. The van der Waals surface area contributed by atoms with Crippen molar-refractivity contribution in [1.29, 1.82) is 0 Å². The van der Waals surface area contributed by atoms with Crippen molar-refractivity contribution in [2.45, 2.75) is 26.1 Å². The van der Waals surface area contributed by atoms with Gasteiger partial charge in [0.25, 0.3) is 0 Å². The average molecular weight is 362 g/mol. The minimum atomic E-state index is -0.206. The van der Waals surface area contributed by atoms with E-state index in [1.807, 2.05) is 6.08 Å². The lowest BCUT2D eigenvalue weighted by Crippen LogP contribution is -2.48. The number of aliphatic hydroxyl groups is 1. The number of hydrogen-bond acceptors (Lipinski definition) is 4. The molecule has 1 aromatic rings. The van der Waals surface area contributed by atoms with Crippen LogP contribution in [0.3, 0.4) is 0 Å². The number of benzene rings is 1. The highest BCUT2D eigenvalue weighted by atomic mass is 19.1. The van der Waals surface area contributed by atoms with Crippen LogP contribution in [0, 0.1) is 17.7 Å². The third-order valence-electron chi connectivity index (χ3n) is 5.42. The Balaban J connectivity index is 1.50. The molecule has 5 heteroatoms. The van der Waals surface area contributed by atoms with Crippen molar-refractivity contribution in [3.63, 3.8) is 0 Å². The van der Waals surface area contributed by atoms with E-state index >= 15 is 0 Å². The highest BCUT2D eigenvalue weighted by molar-refractivity contribution is 5.48. The summed E-state index contributed by atoms with van der Waals surface area (Å²) >= 11 is 0. The van der Waals surface area contributed by atoms with Crippen molar-refractivity contribution in [2.75, 3.05) is 45.9 Å². The van der Waals surface area contributed by atoms with Gasteiger partial charge in [0.2, 0.25) is 0 Å². The van der Waals surface area contributed by atoms with Crippen LogP contribution < -0.4 is 0 Å². The molecule has 2 aliphatic heterocycles. The summed E-state index contributed by atoms with van der Waals surface area (Å²) in [6.45, 7) is 10.3. The van der Waals surface area contributed by atoms with Gasteiger partial charge in [-0.2, -0.15) is 0 Å². The molecule has 0 saturated carbocycles. The van der Waals surface area contributed by atoms with E-state index < -0.39 is 0 Å². The fraction of sp³-hybridized carbons (Fsp3) is 0.619. The van der Waals surface area contributed by atoms with Gasteiger partial charge in [-0.15, -0.1) is 0 Å². The SMILES string of the molecule is C[C@@H]1CN(C[C@@H]2CN(CC=Cc3ccc(F)cc3)C[C@@H]2CO)C[C@H](C)O1. The number of likely N-dealkylation sites (tertiary alicyclic amines) is 1. The first-order valence-corrected chi connectivity index (χ1v) is 9.66. The molecule has 0 bridgehead atoms. The summed E-state index contributed by atoms with van der Waals surface area (Å²) in [6.07, 6.45) is 4.72. The highest BCUT2D eigenvalue weighted by Crippen LogP contribution is 2.25. The van der Waals surface area contributed by atoms with E-state index in [0.717, 1.165) is 44.8 Å². The van der Waals surface area contributed by atoms with Crippen molar-refractivity contribution < 1.29 is 14.2 Å². The minimum absolute atomic E-state index is 0.206. The smallest absolute Gasteiger partial charge is 0.123 e. The third kappa shape index (κ3) is 5.36. The molecule has 4 nitrogen and oxygen atoms in total. The Morgan fingerprint density at radius 1 is 1.04 bits per heavy atom. The van der Waals surface area contributed by atoms with Crippen LogP contribution in [-0.2, 0) is 4.74 Å². The zero-order chi connectivity index (χ0) is 18.5. The van der Waals surface area contributed by atoms with Crippen LogP contribution in [0.4, 0.5) is 4.39 Å². The fourth-order valence-corrected chi connectivity index (χ4v) is 4.28. The molecule has 0 spiro atoms. The lowest BCUT2D eigenvalue weighted by molar-refractivity contribution is -0.0727. The maximum atomic E-state index is 13.0. The van der Waals surface area contributed by atoms with Gasteiger partial charge in [0, 0.05) is 45.9 Å². The van der Waals surface area contributed by atoms with Crippen LogP contribution in [0.25, 0.3) is 6.08 Å². The zero-order valence-electron chi connectivity index (χ0n) is 15.9. The largest absolute Gasteiger partial charge is 0.396 e. The second-order valence-corrected chi connectivity index (χ2v) is 7.85. The van der Waals surface area contributed by atoms with Crippen LogP contribution in [0.2, 0.25) is 0 Å². The molecule has 0 aromatic heterocycles. The number of nitrogens with zero attached hydrogens (tertiary/aromatic N) is 2. The van der Waals surface area contributed by atoms with Gasteiger partial charge in [-0.25, -0.2) is 4.39 Å². The number of halogens is 1. The van der Waals surface area contributed by atoms with Gasteiger partial charge < -0.3 is 9.84 Å². The molecule has 2 aliphatic rings. The quantitative estimate of drug-likeness (QED) is 0.843. The monoisotopic (exact) mass is 362 g/mol. The Hall–Kier alpha value is -1.27. The molecule has 4 atom stereocenters. The van der Waals surface area contributed by atoms with Crippen molar-refractivity contribution in [2.24, 2.45) is 11.8 Å². The van der Waals surface area contributed by atoms with Crippen molar-refractivity contribution in [1.82, 2.24) is 9.80 Å². The molecule has 2 heterocycles. The van der Waals surface area contributed by atoms with Gasteiger partial charge in [-0.3, -0.25) is 9.80 Å². The Labute approximate surface area is 156 Å². The van der Waals surface area contributed by atoms with E-state index in [1.54, 1.807) is 12.1 Å². The lowest BCUT2D eigenvalue weighted by Gasteiger charge is -2.37. The molecule has 0 unspecified atom stereocenters. The van der Waals surface area contributed by atoms with Crippen LogP contribution >= 0.6 is 0 Å². The number of morpholine rings is 1. The molecule has 2 fully saturated rings. The Bertz CT molecular complexity index is 582. The van der Waals surface area contributed by atoms with E-state index in [9.17, 15) is 9.50 Å². The van der Waals surface area contributed by atoms with Gasteiger partial charge in [-0.1, -0.05) is 24.3 Å². The minimum Gasteiger partial charge on any atom is -0.396 e. The molecule has 0 aliphatic carbocycles. The Morgan fingerprint density at radius 2 is 1.69 bits per heavy atom. The maximum absolute atomic E-state index is 13.0. The Kier molecular flexibility index (Phi) is 6.81. The molecule has 0 radical (unpaired) electrons. The standard InChI is InChI=1S/C21H31FN2O2/c1-16-10-24(11-17(2)26-16)13-19-12-23(14-20(19)15-25)9-3-4-18-5-7-21(22)8-6-18/h3-8,16-17,19-20,25H,9-15H2,1-2H3/t16-,17+,19-,20+/m0/s1. The predicted molar refractivity (Wildman–Crippen MR) is 102 cm³/mol. The van der Waals surface area contributed by atoms with Crippen LogP contribution in [0.5, 0.6) is 0 Å². The van der Waals surface area contributed by atoms with E-state index in [4.69, 9.17) is 4.74 Å². The first kappa shape index (κ1) is 19.5. The number of ether oxygens (including phenoxy) is 1. The normalized spacial score (nSPS) is 31.1. The predicted octanol–water partition coefficient (Wildman–Crippen LogP) is 2.49. The van der Waals surface area contributed by atoms with E-state index in [2.05, 4.69) is 29.7 Å². The summed E-state index contributed by atoms with van der Waals surface area (Å²) in [6, 6.07) is 6.54. The van der Waals surface area contributed by atoms with Gasteiger partial charge in [0.1, 0.15) is 5.82 Å². The van der Waals surface area contributed by atoms with Crippen LogP contribution in [0.1, 0.15) is 19.4 Å². The topological polar surface area (TPSA) is 35.9 Å². The molecule has 144 valence electrons. The number of aliphatic hydroxyl groups excluding tert-OH is 1. The van der Waals surface area contributed by atoms with Gasteiger partial charge in [0.15, 0.2) is 0 Å². The maximum Gasteiger partial charge on any atom is 0.123 e. The molecule has 2 saturated heterocycles. The van der Waals surface area contributed by atoms with Crippen LogP contribution in [0.15, 0.2) is 30.3 Å². The zero-order valence-corrected chi connectivity index (χ0v) is 15.9. The lowest BCUT2D eigenvalue weighted by atomic mass is 9.96. The van der Waals surface area contributed by atoms with E-state index in [1.165, 1.54) is 12.1 Å². The number of rotatable bonds is 6. The van der Waals surface area contributed by atoms with Crippen LogP contribution in [-0.4, -0.2) is 73.0 Å². The Morgan fingerprint density at radius 3 is 2.35 bits per heavy atom. The summed E-state index contributed by atoms with van der Waals surface area (Å²) in [4.78, 5) is 4.89. The summed E-state index contributed by atoms with van der Waals surface area (Å²) in [5.41, 5.74) is 1.01. The van der Waals surface area contributed by atoms with Gasteiger partial charge in [0.05, 0.1) is 12.2 Å². The summed E-state index contributed by atoms with van der Waals surface area (Å²) in [5.74, 6) is 0.626. The molecule has 1 N–H and O–H groups in total. The average Bonchev–Trinajstić information content (AvgIpc) is 2.97. The van der Waals surface area contributed by atoms with Gasteiger partial charge in [-0.05, 0) is 43.4 Å². The second kappa shape index (κ2) is 9.09. The van der Waals surface area contributed by atoms with Crippen molar-refractivity contribution >= 4 is 6.08 Å². The number of hydrogen-bond donors (Lipinski definition) is 1. The summed E-state index contributed by atoms with van der Waals surface area (Å²) in [5, 5.41) is 9.79. The molecule has 0 amide bonds. The van der Waals surface area contributed by atoms with Crippen molar-refractivity contribution in [3.8, 4) is 0 Å². The molecular formula is C21H31FN2O2. The first-order valence-electron chi connectivity index (χ1n) is 9.66. The third-order valence-corrected chi connectivity index (χ3v) is 5.42. The second-order valence-electron chi connectivity index (χ2n) is 7.85. The highest BCUT2D eigenvalue weighted by Gasteiger charge is 2.34. The van der Waals surface area contributed by atoms with Crippen molar-refractivity contribution in [3.05, 3.63) is 41.7 Å². The van der Waals surface area contributed by atoms with E-state index in [-0.39, 0.29) is 24.6 Å². The molecule has 1 aromatic carbocycles. The molecular weight excluding hydrogens is 331 g/mol. The molecule has 26 heavy (non-hydrogen) atoms. The summed E-state index contributed by atoms with van der Waals surface area (Å²) < 4.78 is 18.8. The first-order chi connectivity index (χ1) is 12.5.